The molecule has 0 aromatic heterocycles. The van der Waals surface area contributed by atoms with Crippen LogP contribution in [0.5, 0.6) is 11.5 Å². The van der Waals surface area contributed by atoms with Crippen molar-refractivity contribution in [3.63, 3.8) is 0 Å². The van der Waals surface area contributed by atoms with Gasteiger partial charge >= 0.3 is 10.4 Å². The summed E-state index contributed by atoms with van der Waals surface area (Å²) in [6.07, 6.45) is 0. The second-order valence-electron chi connectivity index (χ2n) is 7.02. The van der Waals surface area contributed by atoms with Gasteiger partial charge in [0.2, 0.25) is 0 Å². The Bertz CT molecular complexity index is 1510. The van der Waals surface area contributed by atoms with Crippen molar-refractivity contribution in [3.8, 4) is 46.3 Å². The number of hydrogen-bond donors (Lipinski definition) is 0. The standard InChI is InChI=1S/C26H16O4S/c1-3-9-19-15-17-11-5-7-13-21(17)23-24-22-14-8-6-12-18(22)16-20(10-4-2)26(24)30-31(27,28)29-25(19)23/h5-8,11-16H,1-2H3. The zero-order valence-electron chi connectivity index (χ0n) is 16.8. The highest BCUT2D eigenvalue weighted by Crippen LogP contribution is 2.50. The smallest absolute Gasteiger partial charge is 0.351 e. The number of hydrogen-bond acceptors (Lipinski definition) is 4. The Morgan fingerprint density at radius 1 is 0.677 bits per heavy atom. The zero-order valence-corrected chi connectivity index (χ0v) is 17.6. The molecule has 31 heavy (non-hydrogen) atoms. The first-order valence-corrected chi connectivity index (χ1v) is 11.0. The van der Waals surface area contributed by atoms with E-state index in [1.54, 1.807) is 13.8 Å². The minimum atomic E-state index is -4.40. The van der Waals surface area contributed by atoms with Gasteiger partial charge in [0, 0.05) is 11.1 Å². The second-order valence-corrected chi connectivity index (χ2v) is 8.17. The first-order valence-electron chi connectivity index (χ1n) is 9.63. The quantitative estimate of drug-likeness (QED) is 0.354. The SMILES string of the molecule is CC#Cc1cc2ccccc2c2c1OS(=O)(=O)Oc1c(C#CC)cc3ccccc3c1-2. The van der Waals surface area contributed by atoms with E-state index < -0.39 is 10.4 Å². The van der Waals surface area contributed by atoms with Crippen LogP contribution in [0.3, 0.4) is 0 Å². The van der Waals surface area contributed by atoms with E-state index in [9.17, 15) is 8.42 Å². The van der Waals surface area contributed by atoms with Crippen LogP contribution in [0, 0.1) is 23.7 Å². The molecule has 0 aliphatic carbocycles. The largest absolute Gasteiger partial charge is 0.501 e. The molecule has 0 amide bonds. The molecule has 5 rings (SSSR count). The molecule has 4 nitrogen and oxygen atoms in total. The Hall–Kier alpha value is -3.93. The van der Waals surface area contributed by atoms with Crippen LogP contribution in [-0.4, -0.2) is 8.42 Å². The maximum absolute atomic E-state index is 12.8. The number of benzene rings is 4. The molecule has 0 spiro atoms. The lowest BCUT2D eigenvalue weighted by atomic mass is 9.89. The van der Waals surface area contributed by atoms with Crippen LogP contribution in [0.15, 0.2) is 60.7 Å². The molecule has 4 aromatic rings. The van der Waals surface area contributed by atoms with E-state index in [0.29, 0.717) is 22.3 Å². The van der Waals surface area contributed by atoms with E-state index in [4.69, 9.17) is 8.37 Å². The lowest BCUT2D eigenvalue weighted by Gasteiger charge is -2.15. The number of fused-ring (bicyclic) bond motifs is 7. The molecule has 0 bridgehead atoms. The Labute approximate surface area is 180 Å². The molecule has 1 heterocycles. The van der Waals surface area contributed by atoms with Crippen molar-refractivity contribution >= 4 is 31.9 Å². The fraction of sp³-hybridized carbons (Fsp3) is 0.0769. The average Bonchev–Trinajstić information content (AvgIpc) is 2.88. The van der Waals surface area contributed by atoms with Gasteiger partial charge in [-0.05, 0) is 47.5 Å². The molecule has 0 saturated heterocycles. The highest BCUT2D eigenvalue weighted by molar-refractivity contribution is 7.82. The molecule has 0 radical (unpaired) electrons. The summed E-state index contributed by atoms with van der Waals surface area (Å²) in [4.78, 5) is 0. The van der Waals surface area contributed by atoms with Gasteiger partial charge in [-0.3, -0.25) is 0 Å². The third-order valence-corrected chi connectivity index (χ3v) is 5.89. The van der Waals surface area contributed by atoms with Crippen molar-refractivity contribution in [1.29, 1.82) is 0 Å². The van der Waals surface area contributed by atoms with Crippen molar-refractivity contribution in [2.45, 2.75) is 13.8 Å². The minimum Gasteiger partial charge on any atom is -0.351 e. The lowest BCUT2D eigenvalue weighted by molar-refractivity contribution is 0.397. The van der Waals surface area contributed by atoms with Crippen LogP contribution >= 0.6 is 0 Å². The fourth-order valence-corrected chi connectivity index (χ4v) is 4.79. The topological polar surface area (TPSA) is 52.6 Å². The summed E-state index contributed by atoms with van der Waals surface area (Å²) >= 11 is 0. The Morgan fingerprint density at radius 2 is 1.10 bits per heavy atom. The van der Waals surface area contributed by atoms with Gasteiger partial charge in [0.15, 0.2) is 11.5 Å². The Balaban J connectivity index is 2.11. The summed E-state index contributed by atoms with van der Waals surface area (Å²) in [5.41, 5.74) is 2.21. The molecule has 0 fully saturated rings. The van der Waals surface area contributed by atoms with Gasteiger partial charge in [-0.15, -0.1) is 20.3 Å². The van der Waals surface area contributed by atoms with Crippen molar-refractivity contribution in [2.75, 3.05) is 0 Å². The molecule has 150 valence electrons. The van der Waals surface area contributed by atoms with Gasteiger partial charge < -0.3 is 8.37 Å². The van der Waals surface area contributed by atoms with E-state index in [0.717, 1.165) is 21.5 Å². The van der Waals surface area contributed by atoms with E-state index in [1.165, 1.54) is 0 Å². The summed E-state index contributed by atoms with van der Waals surface area (Å²) in [6.45, 7) is 3.39. The second kappa shape index (κ2) is 7.09. The molecule has 5 heteroatoms. The molecular weight excluding hydrogens is 408 g/mol. The van der Waals surface area contributed by atoms with Crippen LogP contribution in [-0.2, 0) is 10.4 Å². The van der Waals surface area contributed by atoms with Gasteiger partial charge in [0.1, 0.15) is 0 Å². The van der Waals surface area contributed by atoms with Crippen LogP contribution in [0.25, 0.3) is 32.7 Å². The van der Waals surface area contributed by atoms with Crippen molar-refractivity contribution in [1.82, 2.24) is 0 Å². The molecule has 0 unspecified atom stereocenters. The minimum absolute atomic E-state index is 0.165. The van der Waals surface area contributed by atoms with Gasteiger partial charge in [-0.1, -0.05) is 60.4 Å². The van der Waals surface area contributed by atoms with Gasteiger partial charge in [-0.2, -0.15) is 0 Å². The predicted octanol–water partition coefficient (Wildman–Crippen LogP) is 5.42. The third-order valence-electron chi connectivity index (χ3n) is 5.14. The summed E-state index contributed by atoms with van der Waals surface area (Å²) < 4.78 is 36.7. The van der Waals surface area contributed by atoms with E-state index in [1.807, 2.05) is 60.7 Å². The highest BCUT2D eigenvalue weighted by atomic mass is 32.3. The Kier molecular flexibility index (Phi) is 4.36. The van der Waals surface area contributed by atoms with Crippen LogP contribution in [0.1, 0.15) is 25.0 Å². The summed E-state index contributed by atoms with van der Waals surface area (Å²) in [5.74, 6) is 12.0. The monoisotopic (exact) mass is 424 g/mol. The molecule has 0 N–H and O–H groups in total. The maximum atomic E-state index is 12.8. The van der Waals surface area contributed by atoms with Gasteiger partial charge in [-0.25, -0.2) is 0 Å². The lowest BCUT2D eigenvalue weighted by Crippen LogP contribution is -2.16. The first-order chi connectivity index (χ1) is 15.0. The summed E-state index contributed by atoms with van der Waals surface area (Å²) in [6, 6.07) is 19.2. The maximum Gasteiger partial charge on any atom is 0.501 e. The fourth-order valence-electron chi connectivity index (χ4n) is 4.00. The average molecular weight is 424 g/mol. The Morgan fingerprint density at radius 3 is 1.52 bits per heavy atom. The highest BCUT2D eigenvalue weighted by Gasteiger charge is 2.33. The third kappa shape index (κ3) is 3.08. The van der Waals surface area contributed by atoms with E-state index >= 15 is 0 Å². The molecular formula is C26H16O4S. The van der Waals surface area contributed by atoms with Crippen LogP contribution in [0.2, 0.25) is 0 Å². The van der Waals surface area contributed by atoms with Gasteiger partial charge in [0.05, 0.1) is 11.1 Å². The van der Waals surface area contributed by atoms with Gasteiger partial charge in [0.25, 0.3) is 0 Å². The molecule has 0 atom stereocenters. The summed E-state index contributed by atoms with van der Waals surface area (Å²) in [5, 5.41) is 3.52. The molecule has 1 aliphatic heterocycles. The van der Waals surface area contributed by atoms with Crippen LogP contribution in [0.4, 0.5) is 0 Å². The predicted molar refractivity (Wildman–Crippen MR) is 122 cm³/mol. The number of rotatable bonds is 0. The van der Waals surface area contributed by atoms with Crippen LogP contribution < -0.4 is 8.37 Å². The van der Waals surface area contributed by atoms with E-state index in [-0.39, 0.29) is 11.5 Å². The van der Waals surface area contributed by atoms with E-state index in [2.05, 4.69) is 23.7 Å². The van der Waals surface area contributed by atoms with Crippen molar-refractivity contribution in [3.05, 3.63) is 71.8 Å². The molecule has 1 aliphatic rings. The first kappa shape index (κ1) is 19.1. The summed E-state index contributed by atoms with van der Waals surface area (Å²) in [7, 11) is -4.40. The van der Waals surface area contributed by atoms with Crippen molar-refractivity contribution in [2.24, 2.45) is 0 Å². The zero-order chi connectivity index (χ0) is 21.6. The van der Waals surface area contributed by atoms with Crippen molar-refractivity contribution < 1.29 is 16.8 Å². The normalized spacial score (nSPS) is 13.4. The molecule has 4 aromatic carbocycles. The molecule has 0 saturated carbocycles.